The quantitative estimate of drug-likeness (QED) is 0.888. The Balaban J connectivity index is 1.85. The van der Waals surface area contributed by atoms with Gasteiger partial charge in [-0.2, -0.15) is 0 Å². The number of nitrogens with one attached hydrogen (secondary N) is 2. The summed E-state index contributed by atoms with van der Waals surface area (Å²) in [5.74, 6) is 0.386. The fraction of sp³-hybridized carbons (Fsp3) is 0.500. The summed E-state index contributed by atoms with van der Waals surface area (Å²) in [5, 5.41) is 5.65. The molecule has 1 saturated heterocycles. The number of hydrogen-bond acceptors (Lipinski definition) is 5. The van der Waals surface area contributed by atoms with E-state index in [1.165, 1.54) is 5.69 Å². The average Bonchev–Trinajstić information content (AvgIpc) is 2.46. The minimum atomic E-state index is -0.533. The summed E-state index contributed by atoms with van der Waals surface area (Å²) in [6.07, 6.45) is -0.519. The van der Waals surface area contributed by atoms with Gasteiger partial charge in [-0.3, -0.25) is 5.32 Å². The first-order valence-electron chi connectivity index (χ1n) is 8.22. The number of benzene rings is 1. The van der Waals surface area contributed by atoms with Crippen LogP contribution in [0.1, 0.15) is 20.8 Å². The molecule has 1 heterocycles. The number of hydrogen-bond donors (Lipinski definition) is 2. The second-order valence-electron chi connectivity index (χ2n) is 7.07. The molecule has 1 fully saturated rings. The van der Waals surface area contributed by atoms with Crippen LogP contribution in [0.2, 0.25) is 0 Å². The Morgan fingerprint density at radius 1 is 1.12 bits per heavy atom. The van der Waals surface area contributed by atoms with E-state index in [4.69, 9.17) is 4.74 Å². The highest BCUT2D eigenvalue weighted by molar-refractivity contribution is 5.71. The Kier molecular flexibility index (Phi) is 5.72. The largest absolute Gasteiger partial charge is 0.444 e. The molecule has 1 aromatic carbocycles. The minimum absolute atomic E-state index is 0.386. The number of alkyl carbamates (subject to hydrolysis) is 1. The van der Waals surface area contributed by atoms with E-state index in [9.17, 15) is 4.79 Å². The Morgan fingerprint density at radius 2 is 1.71 bits per heavy atom. The van der Waals surface area contributed by atoms with Gasteiger partial charge in [0.25, 0.3) is 0 Å². The van der Waals surface area contributed by atoms with E-state index in [-0.39, 0.29) is 0 Å². The minimum Gasteiger partial charge on any atom is -0.444 e. The first-order chi connectivity index (χ1) is 11.2. The number of piperazine rings is 1. The highest BCUT2D eigenvalue weighted by Gasteiger charge is 2.17. The van der Waals surface area contributed by atoms with Crippen LogP contribution < -0.4 is 15.5 Å². The monoisotopic (exact) mass is 332 g/mol. The predicted octanol–water partition coefficient (Wildman–Crippen LogP) is 2.85. The lowest BCUT2D eigenvalue weighted by Crippen LogP contribution is -2.44. The molecule has 1 aliphatic rings. The van der Waals surface area contributed by atoms with E-state index >= 15 is 0 Å². The smallest absolute Gasteiger partial charge is 0.413 e. The molecule has 0 saturated carbocycles. The molecular weight excluding hydrogens is 304 g/mol. The van der Waals surface area contributed by atoms with E-state index in [1.807, 2.05) is 32.9 Å². The molecule has 6 nitrogen and oxygen atoms in total. The summed E-state index contributed by atoms with van der Waals surface area (Å²) in [6.45, 7) is 13.5. The third-order valence-electron chi connectivity index (χ3n) is 3.68. The van der Waals surface area contributed by atoms with Crippen LogP contribution in [-0.4, -0.2) is 49.8 Å². The number of carbonyl (C=O) groups is 1. The van der Waals surface area contributed by atoms with Gasteiger partial charge >= 0.3 is 6.09 Å². The van der Waals surface area contributed by atoms with Gasteiger partial charge in [0.1, 0.15) is 11.4 Å². The SMILES string of the molecule is C=C(NC(=O)OC(C)(C)C)Nc1ccc(N2CCN(C)CC2)cc1. The maximum absolute atomic E-state index is 11.7. The number of amides is 1. The van der Waals surface area contributed by atoms with Crippen molar-refractivity contribution in [2.75, 3.05) is 43.4 Å². The van der Waals surface area contributed by atoms with Crippen molar-refractivity contribution in [3.63, 3.8) is 0 Å². The van der Waals surface area contributed by atoms with Crippen molar-refractivity contribution >= 4 is 17.5 Å². The predicted molar refractivity (Wildman–Crippen MR) is 98.3 cm³/mol. The van der Waals surface area contributed by atoms with Crippen LogP contribution in [0.25, 0.3) is 0 Å². The first kappa shape index (κ1) is 18.1. The molecule has 0 aromatic heterocycles. The van der Waals surface area contributed by atoms with E-state index < -0.39 is 11.7 Å². The van der Waals surface area contributed by atoms with Gasteiger partial charge in [0, 0.05) is 37.6 Å². The van der Waals surface area contributed by atoms with Gasteiger partial charge < -0.3 is 19.9 Å². The lowest BCUT2D eigenvalue weighted by molar-refractivity contribution is 0.0547. The van der Waals surface area contributed by atoms with Gasteiger partial charge in [-0.05, 0) is 52.1 Å². The maximum Gasteiger partial charge on any atom is 0.413 e. The molecule has 2 N–H and O–H groups in total. The Labute approximate surface area is 144 Å². The summed E-state index contributed by atoms with van der Waals surface area (Å²) < 4.78 is 5.19. The molecule has 0 bridgehead atoms. The number of ether oxygens (including phenoxy) is 1. The molecule has 0 aliphatic carbocycles. The zero-order chi connectivity index (χ0) is 17.7. The highest BCUT2D eigenvalue weighted by atomic mass is 16.6. The Hall–Kier alpha value is -2.21. The van der Waals surface area contributed by atoms with Crippen LogP contribution in [0.4, 0.5) is 16.2 Å². The van der Waals surface area contributed by atoms with Crippen LogP contribution in [0.15, 0.2) is 36.7 Å². The van der Waals surface area contributed by atoms with Crippen LogP contribution >= 0.6 is 0 Å². The molecule has 0 radical (unpaired) electrons. The average molecular weight is 332 g/mol. The number of anilines is 2. The van der Waals surface area contributed by atoms with Crippen molar-refractivity contribution in [2.45, 2.75) is 26.4 Å². The van der Waals surface area contributed by atoms with Crippen LogP contribution in [0.5, 0.6) is 0 Å². The number of likely N-dealkylation sites (N-methyl/N-ethyl adjacent to an activating group) is 1. The molecule has 1 amide bonds. The molecule has 1 aromatic rings. The maximum atomic E-state index is 11.7. The lowest BCUT2D eigenvalue weighted by Gasteiger charge is -2.34. The molecule has 0 atom stereocenters. The second kappa shape index (κ2) is 7.57. The van der Waals surface area contributed by atoms with Crippen molar-refractivity contribution in [3.05, 3.63) is 36.7 Å². The van der Waals surface area contributed by atoms with Gasteiger partial charge in [-0.15, -0.1) is 0 Å². The zero-order valence-corrected chi connectivity index (χ0v) is 15.1. The summed E-state index contributed by atoms with van der Waals surface area (Å²) in [5.41, 5.74) is 1.54. The summed E-state index contributed by atoms with van der Waals surface area (Å²) in [4.78, 5) is 16.4. The molecular formula is C18H28N4O2. The van der Waals surface area contributed by atoms with E-state index in [0.717, 1.165) is 31.9 Å². The normalized spacial score (nSPS) is 15.8. The third-order valence-corrected chi connectivity index (χ3v) is 3.68. The van der Waals surface area contributed by atoms with Gasteiger partial charge in [0.2, 0.25) is 0 Å². The van der Waals surface area contributed by atoms with Crippen LogP contribution in [-0.2, 0) is 4.74 Å². The number of nitrogens with zero attached hydrogens (tertiary/aromatic N) is 2. The highest BCUT2D eigenvalue weighted by Crippen LogP contribution is 2.19. The molecule has 2 rings (SSSR count). The second-order valence-corrected chi connectivity index (χ2v) is 7.07. The summed E-state index contributed by atoms with van der Waals surface area (Å²) >= 11 is 0. The van der Waals surface area contributed by atoms with E-state index in [1.54, 1.807) is 0 Å². The molecule has 24 heavy (non-hydrogen) atoms. The van der Waals surface area contributed by atoms with E-state index in [0.29, 0.717) is 5.82 Å². The molecule has 0 spiro atoms. The number of rotatable bonds is 4. The van der Waals surface area contributed by atoms with Crippen LogP contribution in [0, 0.1) is 0 Å². The Morgan fingerprint density at radius 3 is 2.25 bits per heavy atom. The fourth-order valence-electron chi connectivity index (χ4n) is 2.45. The summed E-state index contributed by atoms with van der Waals surface area (Å²) in [7, 11) is 2.15. The topological polar surface area (TPSA) is 56.8 Å². The number of carbonyl (C=O) groups excluding carboxylic acids is 1. The van der Waals surface area contributed by atoms with Crippen LogP contribution in [0.3, 0.4) is 0 Å². The molecule has 132 valence electrons. The van der Waals surface area contributed by atoms with Gasteiger partial charge in [0.15, 0.2) is 0 Å². The van der Waals surface area contributed by atoms with Crippen molar-refractivity contribution in [1.82, 2.24) is 10.2 Å². The van der Waals surface area contributed by atoms with Crippen molar-refractivity contribution in [2.24, 2.45) is 0 Å². The molecule has 6 heteroatoms. The molecule has 1 aliphatic heterocycles. The van der Waals surface area contributed by atoms with Crippen molar-refractivity contribution in [3.8, 4) is 0 Å². The van der Waals surface area contributed by atoms with Gasteiger partial charge in [-0.1, -0.05) is 6.58 Å². The van der Waals surface area contributed by atoms with Gasteiger partial charge in [0.05, 0.1) is 0 Å². The van der Waals surface area contributed by atoms with Crippen molar-refractivity contribution < 1.29 is 9.53 Å². The fourth-order valence-corrected chi connectivity index (χ4v) is 2.45. The standard InChI is InChI=1S/C18H28N4O2/c1-14(20-17(23)24-18(2,3)4)19-15-6-8-16(9-7-15)22-12-10-21(5)11-13-22/h6-9,19H,1,10-13H2,2-5H3,(H,20,23). The first-order valence-corrected chi connectivity index (χ1v) is 8.22. The van der Waals surface area contributed by atoms with Crippen molar-refractivity contribution in [1.29, 1.82) is 0 Å². The third kappa shape index (κ3) is 5.77. The van der Waals surface area contributed by atoms with E-state index in [2.05, 4.69) is 46.2 Å². The summed E-state index contributed by atoms with van der Waals surface area (Å²) in [6, 6.07) is 8.12. The zero-order valence-electron chi connectivity index (χ0n) is 15.1. The van der Waals surface area contributed by atoms with Gasteiger partial charge in [-0.25, -0.2) is 4.79 Å². The lowest BCUT2D eigenvalue weighted by atomic mass is 10.2. The Bertz CT molecular complexity index is 570. The molecule has 0 unspecified atom stereocenters.